The van der Waals surface area contributed by atoms with Gasteiger partial charge in [0.2, 0.25) is 5.91 Å². The average Bonchev–Trinajstić information content (AvgIpc) is 3.20. The molecule has 0 aliphatic heterocycles. The van der Waals surface area contributed by atoms with Crippen molar-refractivity contribution in [3.8, 4) is 0 Å². The molecule has 0 aliphatic rings. The normalized spacial score (nSPS) is 11.0. The maximum absolute atomic E-state index is 13.1. The maximum Gasteiger partial charge on any atom is 0.355 e. The SMILES string of the molecule is CCOC(=O)c1c(C)c(C(=O)CN(Cc2ccco2)C(=O)C(C)C)c(C)n1C. The molecule has 0 unspecified atom stereocenters. The lowest BCUT2D eigenvalue weighted by atomic mass is 10.0. The highest BCUT2D eigenvalue weighted by molar-refractivity contribution is 6.04. The molecule has 1 amide bonds. The minimum absolute atomic E-state index is 0.0916. The number of rotatable bonds is 8. The van der Waals surface area contributed by atoms with E-state index >= 15 is 0 Å². The third-order valence-electron chi connectivity index (χ3n) is 4.74. The summed E-state index contributed by atoms with van der Waals surface area (Å²) in [6.45, 7) is 9.21. The zero-order valence-corrected chi connectivity index (χ0v) is 17.4. The molecular weight excluding hydrogens is 360 g/mol. The third kappa shape index (κ3) is 4.35. The van der Waals surface area contributed by atoms with Crippen molar-refractivity contribution in [3.63, 3.8) is 0 Å². The van der Waals surface area contributed by atoms with Gasteiger partial charge >= 0.3 is 5.97 Å². The van der Waals surface area contributed by atoms with Gasteiger partial charge in [0.25, 0.3) is 0 Å². The molecule has 2 heterocycles. The number of furan rings is 1. The molecule has 0 spiro atoms. The summed E-state index contributed by atoms with van der Waals surface area (Å²) >= 11 is 0. The van der Waals surface area contributed by atoms with Crippen LogP contribution in [0.15, 0.2) is 22.8 Å². The lowest BCUT2D eigenvalue weighted by Gasteiger charge is -2.23. The van der Waals surface area contributed by atoms with Gasteiger partial charge in [0.1, 0.15) is 11.5 Å². The second-order valence-electron chi connectivity index (χ2n) is 7.07. The van der Waals surface area contributed by atoms with E-state index in [9.17, 15) is 14.4 Å². The van der Waals surface area contributed by atoms with Gasteiger partial charge in [-0.25, -0.2) is 4.79 Å². The number of amides is 1. The summed E-state index contributed by atoms with van der Waals surface area (Å²) in [7, 11) is 1.73. The Morgan fingerprint density at radius 3 is 2.46 bits per heavy atom. The second-order valence-corrected chi connectivity index (χ2v) is 7.07. The van der Waals surface area contributed by atoms with Crippen LogP contribution >= 0.6 is 0 Å². The fourth-order valence-electron chi connectivity index (χ4n) is 3.30. The number of hydrogen-bond acceptors (Lipinski definition) is 5. The van der Waals surface area contributed by atoms with Crippen LogP contribution in [-0.2, 0) is 23.1 Å². The Balaban J connectivity index is 2.34. The summed E-state index contributed by atoms with van der Waals surface area (Å²) in [4.78, 5) is 39.5. The van der Waals surface area contributed by atoms with Crippen LogP contribution in [0, 0.1) is 19.8 Å². The largest absolute Gasteiger partial charge is 0.467 e. The molecule has 0 fully saturated rings. The number of esters is 1. The van der Waals surface area contributed by atoms with Crippen molar-refractivity contribution in [2.45, 2.75) is 41.2 Å². The smallest absolute Gasteiger partial charge is 0.355 e. The summed E-state index contributed by atoms with van der Waals surface area (Å²) in [5.74, 6) is -0.468. The topological polar surface area (TPSA) is 81.8 Å². The molecule has 2 aromatic heterocycles. The Labute approximate surface area is 165 Å². The molecule has 0 N–H and O–H groups in total. The first-order valence-corrected chi connectivity index (χ1v) is 9.36. The van der Waals surface area contributed by atoms with E-state index in [-0.39, 0.29) is 37.3 Å². The Bertz CT molecular complexity index is 862. The number of ketones is 1. The molecule has 0 bridgehead atoms. The Morgan fingerprint density at radius 1 is 1.25 bits per heavy atom. The van der Waals surface area contributed by atoms with Crippen LogP contribution in [0.3, 0.4) is 0 Å². The van der Waals surface area contributed by atoms with Gasteiger partial charge in [-0.3, -0.25) is 9.59 Å². The summed E-state index contributed by atoms with van der Waals surface area (Å²) in [6.07, 6.45) is 1.53. The second kappa shape index (κ2) is 8.91. The quantitative estimate of drug-likeness (QED) is 0.512. The summed E-state index contributed by atoms with van der Waals surface area (Å²) in [6, 6.07) is 3.51. The van der Waals surface area contributed by atoms with Crippen molar-refractivity contribution in [1.29, 1.82) is 0 Å². The van der Waals surface area contributed by atoms with Gasteiger partial charge in [-0.2, -0.15) is 0 Å². The first-order valence-electron chi connectivity index (χ1n) is 9.36. The molecular formula is C21H28N2O5. The van der Waals surface area contributed by atoms with Gasteiger partial charge in [-0.05, 0) is 38.5 Å². The molecule has 7 heteroatoms. The van der Waals surface area contributed by atoms with Gasteiger partial charge in [0, 0.05) is 24.2 Å². The van der Waals surface area contributed by atoms with E-state index in [1.807, 2.05) is 0 Å². The highest BCUT2D eigenvalue weighted by atomic mass is 16.5. The number of carbonyl (C=O) groups excluding carboxylic acids is 3. The van der Waals surface area contributed by atoms with Crippen molar-refractivity contribution >= 4 is 17.7 Å². The van der Waals surface area contributed by atoms with E-state index < -0.39 is 5.97 Å². The van der Waals surface area contributed by atoms with E-state index in [1.165, 1.54) is 11.2 Å². The number of Topliss-reactive ketones (excluding diaryl/α,β-unsaturated/α-hetero) is 1. The molecule has 0 saturated heterocycles. The van der Waals surface area contributed by atoms with Crippen molar-refractivity contribution in [3.05, 3.63) is 46.7 Å². The van der Waals surface area contributed by atoms with Crippen molar-refractivity contribution in [2.24, 2.45) is 13.0 Å². The van der Waals surface area contributed by atoms with E-state index in [4.69, 9.17) is 9.15 Å². The van der Waals surface area contributed by atoms with Crippen molar-refractivity contribution in [2.75, 3.05) is 13.2 Å². The summed E-state index contributed by atoms with van der Waals surface area (Å²) in [5, 5.41) is 0. The highest BCUT2D eigenvalue weighted by Gasteiger charge is 2.28. The van der Waals surface area contributed by atoms with Crippen LogP contribution in [0.5, 0.6) is 0 Å². The molecule has 152 valence electrons. The Morgan fingerprint density at radius 2 is 1.93 bits per heavy atom. The van der Waals surface area contributed by atoms with Gasteiger partial charge in [-0.1, -0.05) is 13.8 Å². The fourth-order valence-corrected chi connectivity index (χ4v) is 3.30. The molecule has 2 aromatic rings. The zero-order chi connectivity index (χ0) is 21.0. The third-order valence-corrected chi connectivity index (χ3v) is 4.74. The van der Waals surface area contributed by atoms with Gasteiger partial charge < -0.3 is 18.6 Å². The highest BCUT2D eigenvalue weighted by Crippen LogP contribution is 2.23. The number of ether oxygens (including phenoxy) is 1. The predicted octanol–water partition coefficient (Wildman–Crippen LogP) is 3.28. The van der Waals surface area contributed by atoms with Crippen LogP contribution in [-0.4, -0.2) is 40.3 Å². The van der Waals surface area contributed by atoms with Crippen LogP contribution in [0.4, 0.5) is 0 Å². The summed E-state index contributed by atoms with van der Waals surface area (Å²) in [5.41, 5.74) is 2.04. The molecule has 0 atom stereocenters. The lowest BCUT2D eigenvalue weighted by Crippen LogP contribution is -2.38. The standard InChI is InChI=1S/C21H28N2O5/c1-7-27-21(26)19-14(4)18(15(5)22(19)6)17(24)12-23(20(25)13(2)3)11-16-9-8-10-28-16/h8-10,13H,7,11-12H2,1-6H3. The minimum Gasteiger partial charge on any atom is -0.467 e. The molecule has 0 aliphatic carbocycles. The predicted molar refractivity (Wildman–Crippen MR) is 104 cm³/mol. The average molecular weight is 388 g/mol. The van der Waals surface area contributed by atoms with Gasteiger partial charge in [0.05, 0.1) is 26.0 Å². The Kier molecular flexibility index (Phi) is 6.83. The molecule has 0 radical (unpaired) electrons. The maximum atomic E-state index is 13.1. The van der Waals surface area contributed by atoms with E-state index in [0.717, 1.165) is 0 Å². The van der Waals surface area contributed by atoms with Gasteiger partial charge in [0.15, 0.2) is 5.78 Å². The first-order chi connectivity index (χ1) is 13.2. The number of carbonyl (C=O) groups is 3. The van der Waals surface area contributed by atoms with E-state index in [2.05, 4.69) is 0 Å². The molecule has 7 nitrogen and oxygen atoms in total. The molecule has 0 saturated carbocycles. The van der Waals surface area contributed by atoms with Crippen LogP contribution in [0.1, 0.15) is 58.6 Å². The molecule has 0 aromatic carbocycles. The van der Waals surface area contributed by atoms with Crippen LogP contribution in [0.2, 0.25) is 0 Å². The summed E-state index contributed by atoms with van der Waals surface area (Å²) < 4.78 is 12.1. The zero-order valence-electron chi connectivity index (χ0n) is 17.4. The van der Waals surface area contributed by atoms with E-state index in [0.29, 0.717) is 28.3 Å². The van der Waals surface area contributed by atoms with Gasteiger partial charge in [-0.15, -0.1) is 0 Å². The molecule has 2 rings (SSSR count). The van der Waals surface area contributed by atoms with Crippen LogP contribution in [0.25, 0.3) is 0 Å². The number of hydrogen-bond donors (Lipinski definition) is 0. The van der Waals surface area contributed by atoms with Crippen molar-refractivity contribution in [1.82, 2.24) is 9.47 Å². The number of nitrogens with zero attached hydrogens (tertiary/aromatic N) is 2. The van der Waals surface area contributed by atoms with Crippen molar-refractivity contribution < 1.29 is 23.5 Å². The van der Waals surface area contributed by atoms with E-state index in [1.54, 1.807) is 58.4 Å². The fraction of sp³-hybridized carbons (Fsp3) is 0.476. The monoisotopic (exact) mass is 388 g/mol. The Hall–Kier alpha value is -2.83. The first kappa shape index (κ1) is 21.5. The minimum atomic E-state index is -0.463. The lowest BCUT2D eigenvalue weighted by molar-refractivity contribution is -0.134. The molecule has 28 heavy (non-hydrogen) atoms. The number of aromatic nitrogens is 1. The van der Waals surface area contributed by atoms with Crippen LogP contribution < -0.4 is 0 Å².